The Morgan fingerprint density at radius 2 is 2.00 bits per heavy atom. The van der Waals surface area contributed by atoms with Gasteiger partial charge in [0.25, 0.3) is 5.91 Å². The van der Waals surface area contributed by atoms with Crippen LogP contribution in [0.1, 0.15) is 43.5 Å². The second-order valence-corrected chi connectivity index (χ2v) is 6.74. The van der Waals surface area contributed by atoms with E-state index in [0.717, 1.165) is 16.4 Å². The van der Waals surface area contributed by atoms with E-state index in [0.29, 0.717) is 17.0 Å². The third-order valence-electron chi connectivity index (χ3n) is 3.26. The number of rotatable bonds is 7. The van der Waals surface area contributed by atoms with Crippen LogP contribution in [0, 0.1) is 9.49 Å². The van der Waals surface area contributed by atoms with Crippen LogP contribution >= 0.6 is 34.2 Å². The monoisotopic (exact) mass is 423 g/mol. The predicted octanol–water partition coefficient (Wildman–Crippen LogP) is 3.95. The van der Waals surface area contributed by atoms with Crippen molar-refractivity contribution in [1.29, 1.82) is 0 Å². The summed E-state index contributed by atoms with van der Waals surface area (Å²) in [7, 11) is 0. The van der Waals surface area contributed by atoms with E-state index in [1.165, 1.54) is 0 Å². The molecule has 1 rings (SSSR count). The number of nitrogens with one attached hydrogen (secondary N) is 1. The Labute approximate surface area is 143 Å². The minimum Gasteiger partial charge on any atom is -0.481 e. The highest BCUT2D eigenvalue weighted by molar-refractivity contribution is 14.1. The van der Waals surface area contributed by atoms with Crippen LogP contribution in [0.2, 0.25) is 5.02 Å². The van der Waals surface area contributed by atoms with Gasteiger partial charge in [-0.1, -0.05) is 24.9 Å². The summed E-state index contributed by atoms with van der Waals surface area (Å²) in [6.45, 7) is 3.61. The lowest BCUT2D eigenvalue weighted by molar-refractivity contribution is -0.141. The summed E-state index contributed by atoms with van der Waals surface area (Å²) >= 11 is 8.11. The fourth-order valence-corrected chi connectivity index (χ4v) is 2.39. The average molecular weight is 424 g/mol. The Balaban J connectivity index is 2.43. The predicted molar refractivity (Wildman–Crippen MR) is 91.7 cm³/mol. The number of hydrogen-bond donors (Lipinski definition) is 2. The molecule has 2 N–H and O–H groups in total. The van der Waals surface area contributed by atoms with Crippen LogP contribution in [0.3, 0.4) is 0 Å². The van der Waals surface area contributed by atoms with Crippen molar-refractivity contribution in [2.24, 2.45) is 5.92 Å². The zero-order chi connectivity index (χ0) is 16.0. The first-order chi connectivity index (χ1) is 9.81. The van der Waals surface area contributed by atoms with E-state index in [1.54, 1.807) is 25.1 Å². The average Bonchev–Trinajstić information content (AvgIpc) is 2.41. The molecule has 1 amide bonds. The van der Waals surface area contributed by atoms with Gasteiger partial charge in [-0.25, -0.2) is 0 Å². The van der Waals surface area contributed by atoms with Crippen LogP contribution in [0.15, 0.2) is 18.2 Å². The van der Waals surface area contributed by atoms with Crippen molar-refractivity contribution in [3.63, 3.8) is 0 Å². The van der Waals surface area contributed by atoms with Crippen molar-refractivity contribution >= 4 is 46.1 Å². The van der Waals surface area contributed by atoms with Crippen molar-refractivity contribution in [1.82, 2.24) is 5.32 Å². The molecule has 0 saturated heterocycles. The number of carbonyl (C=O) groups excluding carboxylic acids is 1. The summed E-state index contributed by atoms with van der Waals surface area (Å²) in [6.07, 6.45) is 2.13. The second-order valence-electron chi connectivity index (χ2n) is 5.17. The quantitative estimate of drug-likeness (QED) is 0.653. The van der Waals surface area contributed by atoms with Gasteiger partial charge in [0.15, 0.2) is 0 Å². The summed E-state index contributed by atoms with van der Waals surface area (Å²) < 4.78 is 0.904. The lowest BCUT2D eigenvalue weighted by Crippen LogP contribution is -2.32. The molecule has 1 aromatic carbocycles. The SMILES string of the molecule is CC(CCCC(C)C(=O)O)NC(=O)c1ccc(I)c(Cl)c1. The maximum Gasteiger partial charge on any atom is 0.306 e. The summed E-state index contributed by atoms with van der Waals surface area (Å²) in [4.78, 5) is 22.8. The number of halogens is 2. The Hall–Kier alpha value is -0.820. The largest absolute Gasteiger partial charge is 0.481 e. The van der Waals surface area contributed by atoms with Crippen molar-refractivity contribution in [3.8, 4) is 0 Å². The van der Waals surface area contributed by atoms with Crippen molar-refractivity contribution in [2.75, 3.05) is 0 Å². The maximum absolute atomic E-state index is 12.1. The molecule has 0 fully saturated rings. The lowest BCUT2D eigenvalue weighted by Gasteiger charge is -2.15. The maximum atomic E-state index is 12.1. The highest BCUT2D eigenvalue weighted by Crippen LogP contribution is 2.19. The van der Waals surface area contributed by atoms with Crippen molar-refractivity contribution in [3.05, 3.63) is 32.4 Å². The van der Waals surface area contributed by atoms with E-state index < -0.39 is 5.97 Å². The molecule has 0 aliphatic rings. The number of hydrogen-bond acceptors (Lipinski definition) is 2. The molecule has 1 aromatic rings. The summed E-state index contributed by atoms with van der Waals surface area (Å²) in [6, 6.07) is 5.19. The van der Waals surface area contributed by atoms with Gasteiger partial charge in [-0.15, -0.1) is 0 Å². The van der Waals surface area contributed by atoms with Gasteiger partial charge in [-0.2, -0.15) is 0 Å². The molecule has 2 atom stereocenters. The molecule has 6 heteroatoms. The molecule has 0 spiro atoms. The molecule has 2 unspecified atom stereocenters. The molecule has 21 heavy (non-hydrogen) atoms. The Kier molecular flexibility index (Phi) is 7.45. The number of aliphatic carboxylic acids is 1. The molecule has 0 aliphatic carbocycles. The van der Waals surface area contributed by atoms with Crippen molar-refractivity contribution in [2.45, 2.75) is 39.2 Å². The molecule has 4 nitrogen and oxygen atoms in total. The van der Waals surface area contributed by atoms with Gasteiger partial charge < -0.3 is 10.4 Å². The first kappa shape index (κ1) is 18.2. The molecule has 0 aromatic heterocycles. The fraction of sp³-hybridized carbons (Fsp3) is 0.467. The lowest BCUT2D eigenvalue weighted by atomic mass is 10.0. The molecular formula is C15H19ClINO3. The Bertz CT molecular complexity index is 522. The smallest absolute Gasteiger partial charge is 0.306 e. The molecule has 0 bridgehead atoms. The number of carbonyl (C=O) groups is 2. The third-order valence-corrected chi connectivity index (χ3v) is 4.83. The topological polar surface area (TPSA) is 66.4 Å². The number of carboxylic acid groups (broad SMARTS) is 1. The second kappa shape index (κ2) is 8.58. The van der Waals surface area contributed by atoms with Gasteiger partial charge in [-0.05, 0) is 60.6 Å². The van der Waals surface area contributed by atoms with Crippen LogP contribution in [0.4, 0.5) is 0 Å². The molecule has 0 heterocycles. The Morgan fingerprint density at radius 3 is 2.57 bits per heavy atom. The third kappa shape index (κ3) is 6.22. The number of amides is 1. The van der Waals surface area contributed by atoms with Crippen LogP contribution in [0.5, 0.6) is 0 Å². The first-order valence-corrected chi connectivity index (χ1v) is 8.25. The Morgan fingerprint density at radius 1 is 1.33 bits per heavy atom. The van der Waals surface area contributed by atoms with Gasteiger partial charge in [-0.3, -0.25) is 9.59 Å². The number of benzene rings is 1. The fourth-order valence-electron chi connectivity index (χ4n) is 1.87. The summed E-state index contributed by atoms with van der Waals surface area (Å²) in [5, 5.41) is 12.3. The van der Waals surface area contributed by atoms with Gasteiger partial charge in [0, 0.05) is 15.2 Å². The molecule has 0 saturated carbocycles. The van der Waals surface area contributed by atoms with E-state index in [2.05, 4.69) is 27.9 Å². The number of carboxylic acids is 1. The minimum atomic E-state index is -0.778. The first-order valence-electron chi connectivity index (χ1n) is 6.80. The van der Waals surface area contributed by atoms with Crippen LogP contribution in [-0.2, 0) is 4.79 Å². The zero-order valence-corrected chi connectivity index (χ0v) is 14.9. The molecule has 0 aliphatic heterocycles. The van der Waals surface area contributed by atoms with Crippen molar-refractivity contribution < 1.29 is 14.7 Å². The summed E-state index contributed by atoms with van der Waals surface area (Å²) in [5.41, 5.74) is 0.533. The standard InChI is InChI=1S/C15H19ClINO3/c1-9(15(20)21)4-3-5-10(2)18-14(19)11-6-7-13(17)12(16)8-11/h6-10H,3-5H2,1-2H3,(H,18,19)(H,20,21). The van der Waals surface area contributed by atoms with Crippen LogP contribution in [-0.4, -0.2) is 23.0 Å². The molecule has 0 radical (unpaired) electrons. The highest BCUT2D eigenvalue weighted by Gasteiger charge is 2.13. The normalized spacial score (nSPS) is 13.5. The van der Waals surface area contributed by atoms with Crippen LogP contribution in [0.25, 0.3) is 0 Å². The minimum absolute atomic E-state index is 0.00320. The van der Waals surface area contributed by atoms with Gasteiger partial charge >= 0.3 is 5.97 Å². The zero-order valence-electron chi connectivity index (χ0n) is 12.0. The van der Waals surface area contributed by atoms with E-state index in [-0.39, 0.29) is 17.9 Å². The van der Waals surface area contributed by atoms with Gasteiger partial charge in [0.05, 0.1) is 10.9 Å². The summed E-state index contributed by atoms with van der Waals surface area (Å²) in [5.74, 6) is -1.28. The van der Waals surface area contributed by atoms with Gasteiger partial charge in [0.2, 0.25) is 0 Å². The van der Waals surface area contributed by atoms with E-state index in [4.69, 9.17) is 16.7 Å². The van der Waals surface area contributed by atoms with E-state index in [9.17, 15) is 9.59 Å². The van der Waals surface area contributed by atoms with Gasteiger partial charge in [0.1, 0.15) is 0 Å². The highest BCUT2D eigenvalue weighted by atomic mass is 127. The molecule has 116 valence electrons. The molecular weight excluding hydrogens is 405 g/mol. The van der Waals surface area contributed by atoms with E-state index in [1.807, 2.05) is 6.92 Å². The van der Waals surface area contributed by atoms with E-state index >= 15 is 0 Å². The van der Waals surface area contributed by atoms with Crippen LogP contribution < -0.4 is 5.32 Å².